The topological polar surface area (TPSA) is 18.5 Å². The number of halogens is 1. The van der Waals surface area contributed by atoms with E-state index in [9.17, 15) is 0 Å². The normalized spacial score (nSPS) is 13.3. The lowest BCUT2D eigenvalue weighted by molar-refractivity contribution is -0.107. The van der Waals surface area contributed by atoms with E-state index in [1.54, 1.807) is 7.11 Å². The van der Waals surface area contributed by atoms with Gasteiger partial charge in [0.2, 0.25) is 0 Å². The minimum absolute atomic E-state index is 0.0945. The van der Waals surface area contributed by atoms with Crippen LogP contribution in [-0.2, 0) is 9.47 Å². The molecule has 0 saturated carbocycles. The van der Waals surface area contributed by atoms with Gasteiger partial charge in [0.05, 0.1) is 5.33 Å². The zero-order chi connectivity index (χ0) is 17.7. The standard InChI is InChI=1S/C21H39BrO2/c1-3-4-5-6-7-8-9-10-11-12-13-14-15-16-17-18-19-24-21(20-22)23-2/h7-8,10-11,21H,3-6,9,12-20H2,1-2H3/b8-7-,11-10-. The fourth-order valence-electron chi connectivity index (χ4n) is 2.48. The molecule has 1 atom stereocenters. The monoisotopic (exact) mass is 402 g/mol. The van der Waals surface area contributed by atoms with Gasteiger partial charge in [0.25, 0.3) is 0 Å². The summed E-state index contributed by atoms with van der Waals surface area (Å²) < 4.78 is 10.7. The lowest BCUT2D eigenvalue weighted by Crippen LogP contribution is -2.17. The van der Waals surface area contributed by atoms with E-state index in [4.69, 9.17) is 9.47 Å². The molecule has 0 aliphatic rings. The first kappa shape index (κ1) is 23.9. The van der Waals surface area contributed by atoms with Crippen LogP contribution in [0.3, 0.4) is 0 Å². The fourth-order valence-corrected chi connectivity index (χ4v) is 2.93. The van der Waals surface area contributed by atoms with Crippen molar-refractivity contribution < 1.29 is 9.47 Å². The molecule has 0 amide bonds. The summed E-state index contributed by atoms with van der Waals surface area (Å²) >= 11 is 3.37. The predicted octanol–water partition coefficient (Wildman–Crippen LogP) is 7.18. The van der Waals surface area contributed by atoms with Gasteiger partial charge in [-0.2, -0.15) is 0 Å². The van der Waals surface area contributed by atoms with Crippen molar-refractivity contribution in [2.45, 2.75) is 90.3 Å². The summed E-state index contributed by atoms with van der Waals surface area (Å²) in [5.41, 5.74) is 0. The van der Waals surface area contributed by atoms with Gasteiger partial charge in [-0.25, -0.2) is 0 Å². The summed E-state index contributed by atoms with van der Waals surface area (Å²) in [5.74, 6) is 0. The van der Waals surface area contributed by atoms with E-state index < -0.39 is 0 Å². The smallest absolute Gasteiger partial charge is 0.166 e. The van der Waals surface area contributed by atoms with Gasteiger partial charge in [-0.05, 0) is 38.5 Å². The average Bonchev–Trinajstić information content (AvgIpc) is 2.61. The maximum atomic E-state index is 5.58. The van der Waals surface area contributed by atoms with Gasteiger partial charge in [0.15, 0.2) is 6.29 Å². The Morgan fingerprint density at radius 1 is 0.792 bits per heavy atom. The van der Waals surface area contributed by atoms with Gasteiger partial charge in [-0.3, -0.25) is 0 Å². The van der Waals surface area contributed by atoms with Crippen LogP contribution in [-0.4, -0.2) is 25.3 Å². The van der Waals surface area contributed by atoms with Crippen LogP contribution >= 0.6 is 15.9 Å². The Balaban J connectivity index is 3.20. The second-order valence-electron chi connectivity index (χ2n) is 6.27. The Bertz CT molecular complexity index is 286. The van der Waals surface area contributed by atoms with Gasteiger partial charge >= 0.3 is 0 Å². The number of allylic oxidation sites excluding steroid dienone is 4. The van der Waals surface area contributed by atoms with Crippen molar-refractivity contribution in [1.29, 1.82) is 0 Å². The van der Waals surface area contributed by atoms with E-state index >= 15 is 0 Å². The lowest BCUT2D eigenvalue weighted by Gasteiger charge is -2.12. The summed E-state index contributed by atoms with van der Waals surface area (Å²) in [6, 6.07) is 0. The minimum Gasteiger partial charge on any atom is -0.355 e. The molecule has 0 aromatic rings. The van der Waals surface area contributed by atoms with Crippen LogP contribution in [0.15, 0.2) is 24.3 Å². The molecule has 142 valence electrons. The average molecular weight is 403 g/mol. The Morgan fingerprint density at radius 3 is 1.96 bits per heavy atom. The Hall–Kier alpha value is -0.120. The molecule has 0 rings (SSSR count). The number of hydrogen-bond acceptors (Lipinski definition) is 2. The summed E-state index contributed by atoms with van der Waals surface area (Å²) in [5, 5.41) is 0.742. The van der Waals surface area contributed by atoms with Crippen LogP contribution < -0.4 is 0 Å². The van der Waals surface area contributed by atoms with Crippen molar-refractivity contribution in [3.8, 4) is 0 Å². The molecular weight excluding hydrogens is 364 g/mol. The van der Waals surface area contributed by atoms with Gasteiger partial charge in [0.1, 0.15) is 0 Å². The minimum atomic E-state index is -0.0945. The highest BCUT2D eigenvalue weighted by molar-refractivity contribution is 9.09. The molecule has 0 bridgehead atoms. The number of unbranched alkanes of at least 4 members (excludes halogenated alkanes) is 9. The molecule has 0 spiro atoms. The molecule has 3 heteroatoms. The van der Waals surface area contributed by atoms with Crippen LogP contribution in [0.25, 0.3) is 0 Å². The van der Waals surface area contributed by atoms with E-state index in [1.165, 1.54) is 64.2 Å². The predicted molar refractivity (Wildman–Crippen MR) is 110 cm³/mol. The van der Waals surface area contributed by atoms with Crippen molar-refractivity contribution in [3.05, 3.63) is 24.3 Å². The van der Waals surface area contributed by atoms with Crippen LogP contribution in [0, 0.1) is 0 Å². The molecule has 0 aromatic heterocycles. The lowest BCUT2D eigenvalue weighted by atomic mass is 10.1. The summed E-state index contributed by atoms with van der Waals surface area (Å²) in [7, 11) is 1.68. The Labute approximate surface area is 159 Å². The molecule has 0 radical (unpaired) electrons. The SMILES string of the molecule is CCCCC/C=C\C/C=C\CCCCCCCCOC(CBr)OC. The third kappa shape index (κ3) is 18.2. The largest absolute Gasteiger partial charge is 0.355 e. The number of alkyl halides is 1. The van der Waals surface area contributed by atoms with Crippen molar-refractivity contribution in [2.75, 3.05) is 19.0 Å². The second kappa shape index (κ2) is 20.9. The van der Waals surface area contributed by atoms with E-state index in [0.717, 1.165) is 24.8 Å². The number of hydrogen-bond donors (Lipinski definition) is 0. The van der Waals surface area contributed by atoms with Crippen molar-refractivity contribution in [1.82, 2.24) is 0 Å². The molecule has 0 fully saturated rings. The number of rotatable bonds is 18. The van der Waals surface area contributed by atoms with Crippen molar-refractivity contribution >= 4 is 15.9 Å². The molecule has 0 aliphatic carbocycles. The van der Waals surface area contributed by atoms with E-state index in [-0.39, 0.29) is 6.29 Å². The highest BCUT2D eigenvalue weighted by Crippen LogP contribution is 2.09. The summed E-state index contributed by atoms with van der Waals surface area (Å²) in [6.07, 6.45) is 24.5. The molecule has 1 unspecified atom stereocenters. The fraction of sp³-hybridized carbons (Fsp3) is 0.810. The van der Waals surface area contributed by atoms with Gasteiger partial charge in [0, 0.05) is 13.7 Å². The molecule has 0 aromatic carbocycles. The molecule has 24 heavy (non-hydrogen) atoms. The molecule has 0 saturated heterocycles. The molecule has 0 N–H and O–H groups in total. The third-order valence-corrected chi connectivity index (χ3v) is 4.57. The Kier molecular flexibility index (Phi) is 20.8. The highest BCUT2D eigenvalue weighted by Gasteiger charge is 2.03. The maximum absolute atomic E-state index is 5.58. The van der Waals surface area contributed by atoms with E-state index in [1.807, 2.05) is 0 Å². The van der Waals surface area contributed by atoms with Crippen LogP contribution in [0.2, 0.25) is 0 Å². The second-order valence-corrected chi connectivity index (χ2v) is 6.92. The molecule has 0 aliphatic heterocycles. The molecular formula is C21H39BrO2. The first-order valence-corrected chi connectivity index (χ1v) is 11.0. The van der Waals surface area contributed by atoms with Crippen LogP contribution in [0.4, 0.5) is 0 Å². The van der Waals surface area contributed by atoms with Gasteiger partial charge in [-0.15, -0.1) is 0 Å². The van der Waals surface area contributed by atoms with E-state index in [2.05, 4.69) is 47.2 Å². The third-order valence-electron chi connectivity index (χ3n) is 4.04. The van der Waals surface area contributed by atoms with Gasteiger partial charge in [-0.1, -0.05) is 85.7 Å². The highest BCUT2D eigenvalue weighted by atomic mass is 79.9. The quantitative estimate of drug-likeness (QED) is 0.104. The van der Waals surface area contributed by atoms with Gasteiger partial charge < -0.3 is 9.47 Å². The molecule has 2 nitrogen and oxygen atoms in total. The zero-order valence-corrected chi connectivity index (χ0v) is 17.6. The number of ether oxygens (including phenoxy) is 2. The number of methoxy groups -OCH3 is 1. The summed E-state index contributed by atoms with van der Waals surface area (Å²) in [4.78, 5) is 0. The maximum Gasteiger partial charge on any atom is 0.166 e. The van der Waals surface area contributed by atoms with E-state index in [0.29, 0.717) is 0 Å². The first-order valence-electron chi connectivity index (χ1n) is 9.85. The summed E-state index contributed by atoms with van der Waals surface area (Å²) in [6.45, 7) is 3.06. The van der Waals surface area contributed by atoms with Crippen molar-refractivity contribution in [3.63, 3.8) is 0 Å². The van der Waals surface area contributed by atoms with Crippen LogP contribution in [0.1, 0.15) is 84.0 Å². The Morgan fingerprint density at radius 2 is 1.38 bits per heavy atom. The first-order chi connectivity index (χ1) is 11.8. The molecule has 0 heterocycles. The van der Waals surface area contributed by atoms with Crippen LogP contribution in [0.5, 0.6) is 0 Å². The zero-order valence-electron chi connectivity index (χ0n) is 16.0. The van der Waals surface area contributed by atoms with Crippen molar-refractivity contribution in [2.24, 2.45) is 0 Å².